The molecule has 0 radical (unpaired) electrons. The molecular weight excluding hydrogens is 340 g/mol. The quantitative estimate of drug-likeness (QED) is 0.406. The maximum atomic E-state index is 11.2. The van der Waals surface area contributed by atoms with Crippen LogP contribution >= 0.6 is 0 Å². The molecule has 0 aliphatic heterocycles. The van der Waals surface area contributed by atoms with Crippen LogP contribution in [0.25, 0.3) is 28.3 Å². The lowest BCUT2D eigenvalue weighted by molar-refractivity contribution is -0.384. The number of nitro groups is 1. The number of nitro benzene ring substituents is 1. The minimum atomic E-state index is -0.522. The van der Waals surface area contributed by atoms with Crippen LogP contribution in [-0.4, -0.2) is 10.8 Å². The second-order valence-electron chi connectivity index (χ2n) is 6.21. The van der Waals surface area contributed by atoms with E-state index in [1.165, 1.54) is 18.2 Å². The first-order valence-electron chi connectivity index (χ1n) is 8.37. The van der Waals surface area contributed by atoms with Crippen molar-refractivity contribution in [2.45, 2.75) is 6.92 Å². The van der Waals surface area contributed by atoms with Gasteiger partial charge in [0.1, 0.15) is 0 Å². The van der Waals surface area contributed by atoms with Crippen LogP contribution in [-0.2, 0) is 4.79 Å². The first kappa shape index (κ1) is 18.1. The Balaban J connectivity index is 2.09. The molecule has 134 valence electrons. The zero-order valence-electron chi connectivity index (χ0n) is 14.8. The molecule has 0 spiro atoms. The summed E-state index contributed by atoms with van der Waals surface area (Å²) in [7, 11) is 0. The Hall–Kier alpha value is -3.73. The summed E-state index contributed by atoms with van der Waals surface area (Å²) in [5.74, 6) is -0.522. The zero-order valence-corrected chi connectivity index (χ0v) is 14.8. The SMILES string of the molecule is Cc1cccc(-c2ccc(-c3ccc([N+](=O)[O-])cc3)cc2/C=C/C(N)=O)c1. The van der Waals surface area contributed by atoms with E-state index in [4.69, 9.17) is 5.73 Å². The average Bonchev–Trinajstić information content (AvgIpc) is 2.66. The van der Waals surface area contributed by atoms with E-state index in [1.807, 2.05) is 43.3 Å². The highest BCUT2D eigenvalue weighted by molar-refractivity contribution is 5.92. The van der Waals surface area contributed by atoms with Gasteiger partial charge in [-0.05, 0) is 59.0 Å². The Bertz CT molecular complexity index is 1040. The smallest absolute Gasteiger partial charge is 0.269 e. The summed E-state index contributed by atoms with van der Waals surface area (Å²) in [6.45, 7) is 2.02. The maximum absolute atomic E-state index is 11.2. The molecule has 0 fully saturated rings. The van der Waals surface area contributed by atoms with Crippen molar-refractivity contribution in [3.63, 3.8) is 0 Å². The number of aryl methyl sites for hydroxylation is 1. The van der Waals surface area contributed by atoms with Crippen molar-refractivity contribution in [3.05, 3.63) is 94.0 Å². The van der Waals surface area contributed by atoms with Crippen molar-refractivity contribution >= 4 is 17.7 Å². The Morgan fingerprint density at radius 2 is 1.67 bits per heavy atom. The van der Waals surface area contributed by atoms with Gasteiger partial charge in [-0.1, -0.05) is 42.0 Å². The highest BCUT2D eigenvalue weighted by atomic mass is 16.6. The van der Waals surface area contributed by atoms with Gasteiger partial charge in [0.25, 0.3) is 5.69 Å². The molecule has 3 aromatic carbocycles. The standard InChI is InChI=1S/C22H18N2O3/c1-15-3-2-4-18(13-15)21-11-7-17(14-19(21)8-12-22(23)25)16-5-9-20(10-6-16)24(26)27/h2-14H,1H3,(H2,23,25)/b12-8+. The molecule has 27 heavy (non-hydrogen) atoms. The number of hydrogen-bond donors (Lipinski definition) is 1. The third-order valence-electron chi connectivity index (χ3n) is 4.22. The maximum Gasteiger partial charge on any atom is 0.269 e. The van der Waals surface area contributed by atoms with Crippen LogP contribution in [0, 0.1) is 17.0 Å². The van der Waals surface area contributed by atoms with Crippen LogP contribution in [0.4, 0.5) is 5.69 Å². The van der Waals surface area contributed by atoms with E-state index < -0.39 is 10.8 Å². The first-order valence-corrected chi connectivity index (χ1v) is 8.37. The minimum absolute atomic E-state index is 0.0454. The fourth-order valence-electron chi connectivity index (χ4n) is 2.90. The molecule has 0 atom stereocenters. The Labute approximate surface area is 156 Å². The topological polar surface area (TPSA) is 86.2 Å². The number of benzene rings is 3. The molecular formula is C22H18N2O3. The molecule has 0 saturated heterocycles. The van der Waals surface area contributed by atoms with Gasteiger partial charge < -0.3 is 5.73 Å². The summed E-state index contributed by atoms with van der Waals surface area (Å²) in [5, 5.41) is 10.8. The van der Waals surface area contributed by atoms with Crippen molar-refractivity contribution in [1.29, 1.82) is 0 Å². The van der Waals surface area contributed by atoms with Gasteiger partial charge in [-0.25, -0.2) is 0 Å². The van der Waals surface area contributed by atoms with E-state index in [0.717, 1.165) is 33.4 Å². The van der Waals surface area contributed by atoms with Crippen LogP contribution in [0.1, 0.15) is 11.1 Å². The largest absolute Gasteiger partial charge is 0.366 e. The summed E-state index contributed by atoms with van der Waals surface area (Å²) in [5.41, 5.74) is 11.0. The molecule has 0 aliphatic carbocycles. The van der Waals surface area contributed by atoms with Crippen molar-refractivity contribution < 1.29 is 9.72 Å². The molecule has 5 heteroatoms. The Kier molecular flexibility index (Phi) is 5.13. The van der Waals surface area contributed by atoms with Crippen LogP contribution < -0.4 is 5.73 Å². The lowest BCUT2D eigenvalue weighted by Gasteiger charge is -2.11. The number of carbonyl (C=O) groups excluding carboxylic acids is 1. The monoisotopic (exact) mass is 358 g/mol. The van der Waals surface area contributed by atoms with Gasteiger partial charge in [0.05, 0.1) is 4.92 Å². The zero-order chi connectivity index (χ0) is 19.4. The number of non-ortho nitro benzene ring substituents is 1. The summed E-state index contributed by atoms with van der Waals surface area (Å²) in [6.07, 6.45) is 3.02. The average molecular weight is 358 g/mol. The van der Waals surface area contributed by atoms with Crippen LogP contribution in [0.3, 0.4) is 0 Å². The first-order chi connectivity index (χ1) is 12.9. The highest BCUT2D eigenvalue weighted by Crippen LogP contribution is 2.31. The van der Waals surface area contributed by atoms with E-state index in [0.29, 0.717) is 0 Å². The molecule has 0 aromatic heterocycles. The van der Waals surface area contributed by atoms with Gasteiger partial charge in [-0.2, -0.15) is 0 Å². The molecule has 3 rings (SSSR count). The van der Waals surface area contributed by atoms with Crippen molar-refractivity contribution in [2.24, 2.45) is 5.73 Å². The van der Waals surface area contributed by atoms with E-state index in [9.17, 15) is 14.9 Å². The summed E-state index contributed by atoms with van der Waals surface area (Å²) in [6, 6.07) is 20.3. The van der Waals surface area contributed by atoms with E-state index >= 15 is 0 Å². The number of nitrogens with zero attached hydrogens (tertiary/aromatic N) is 1. The molecule has 0 aliphatic rings. The number of carbonyl (C=O) groups is 1. The summed E-state index contributed by atoms with van der Waals surface area (Å²) in [4.78, 5) is 21.6. The fourth-order valence-corrected chi connectivity index (χ4v) is 2.90. The lowest BCUT2D eigenvalue weighted by Crippen LogP contribution is -2.05. The van der Waals surface area contributed by atoms with Gasteiger partial charge in [0.15, 0.2) is 0 Å². The molecule has 1 amide bonds. The van der Waals surface area contributed by atoms with Crippen LogP contribution in [0.2, 0.25) is 0 Å². The molecule has 2 N–H and O–H groups in total. The predicted octanol–water partition coefficient (Wildman–Crippen LogP) is 4.74. The normalized spacial score (nSPS) is 10.9. The third-order valence-corrected chi connectivity index (χ3v) is 4.22. The highest BCUT2D eigenvalue weighted by Gasteiger charge is 2.09. The Morgan fingerprint density at radius 1 is 0.963 bits per heavy atom. The van der Waals surface area contributed by atoms with Crippen molar-refractivity contribution in [3.8, 4) is 22.3 Å². The molecule has 0 heterocycles. The van der Waals surface area contributed by atoms with Gasteiger partial charge in [0.2, 0.25) is 5.91 Å². The second-order valence-corrected chi connectivity index (χ2v) is 6.21. The molecule has 5 nitrogen and oxygen atoms in total. The predicted molar refractivity (Wildman–Crippen MR) is 107 cm³/mol. The van der Waals surface area contributed by atoms with Gasteiger partial charge in [-0.3, -0.25) is 14.9 Å². The fraction of sp³-hybridized carbons (Fsp3) is 0.0455. The molecule has 0 bridgehead atoms. The number of hydrogen-bond acceptors (Lipinski definition) is 3. The second kappa shape index (κ2) is 7.66. The number of amides is 1. The van der Waals surface area contributed by atoms with Crippen molar-refractivity contribution in [1.82, 2.24) is 0 Å². The Morgan fingerprint density at radius 3 is 2.30 bits per heavy atom. The summed E-state index contributed by atoms with van der Waals surface area (Å²) < 4.78 is 0. The van der Waals surface area contributed by atoms with E-state index in [2.05, 4.69) is 6.07 Å². The number of rotatable bonds is 5. The number of primary amides is 1. The van der Waals surface area contributed by atoms with Gasteiger partial charge >= 0.3 is 0 Å². The van der Waals surface area contributed by atoms with Crippen LogP contribution in [0.15, 0.2) is 72.8 Å². The van der Waals surface area contributed by atoms with Gasteiger partial charge in [0, 0.05) is 18.2 Å². The molecule has 3 aromatic rings. The van der Waals surface area contributed by atoms with E-state index in [-0.39, 0.29) is 5.69 Å². The molecule has 0 saturated carbocycles. The molecule has 0 unspecified atom stereocenters. The van der Waals surface area contributed by atoms with Crippen LogP contribution in [0.5, 0.6) is 0 Å². The summed E-state index contributed by atoms with van der Waals surface area (Å²) >= 11 is 0. The van der Waals surface area contributed by atoms with E-state index in [1.54, 1.807) is 18.2 Å². The minimum Gasteiger partial charge on any atom is -0.366 e. The number of nitrogens with two attached hydrogens (primary N) is 1. The third kappa shape index (κ3) is 4.27. The lowest BCUT2D eigenvalue weighted by atomic mass is 9.94. The van der Waals surface area contributed by atoms with Gasteiger partial charge in [-0.15, -0.1) is 0 Å². The van der Waals surface area contributed by atoms with Crippen molar-refractivity contribution in [2.75, 3.05) is 0 Å².